The van der Waals surface area contributed by atoms with Crippen LogP contribution in [-0.4, -0.2) is 24.1 Å². The first-order valence-electron chi connectivity index (χ1n) is 6.60. The van der Waals surface area contributed by atoms with E-state index in [1.165, 1.54) is 24.3 Å². The molecule has 0 amide bonds. The summed E-state index contributed by atoms with van der Waals surface area (Å²) in [6.07, 6.45) is -4.75. The molecule has 0 radical (unpaired) electrons. The molecule has 124 valence electrons. The number of carbonyl (C=O) groups is 1. The van der Waals surface area contributed by atoms with E-state index in [1.54, 1.807) is 13.0 Å². The van der Waals surface area contributed by atoms with Gasteiger partial charge in [0.25, 0.3) is 0 Å². The van der Waals surface area contributed by atoms with Crippen molar-refractivity contribution in [3.8, 4) is 5.75 Å². The fourth-order valence-electron chi connectivity index (χ4n) is 1.69. The Balaban J connectivity index is 1.96. The lowest BCUT2D eigenvalue weighted by Crippen LogP contribution is -2.17. The molecule has 2 rings (SSSR count). The molecule has 0 aliphatic heterocycles. The lowest BCUT2D eigenvalue weighted by Gasteiger charge is -2.10. The number of alkyl halides is 3. The van der Waals surface area contributed by atoms with Gasteiger partial charge in [-0.1, -0.05) is 11.2 Å². The van der Waals surface area contributed by atoms with Crippen LogP contribution in [0.15, 0.2) is 34.9 Å². The first-order valence-corrected chi connectivity index (χ1v) is 6.60. The van der Waals surface area contributed by atoms with E-state index >= 15 is 0 Å². The van der Waals surface area contributed by atoms with Crippen molar-refractivity contribution in [2.45, 2.75) is 19.8 Å². The van der Waals surface area contributed by atoms with Crippen LogP contribution in [0.2, 0.25) is 0 Å². The lowest BCUT2D eigenvalue weighted by atomic mass is 10.3. The van der Waals surface area contributed by atoms with Crippen molar-refractivity contribution in [1.29, 1.82) is 0 Å². The van der Waals surface area contributed by atoms with Crippen molar-refractivity contribution in [3.05, 3.63) is 41.8 Å². The summed E-state index contributed by atoms with van der Waals surface area (Å²) in [4.78, 5) is 11.4. The number of nitrogens with zero attached hydrogens (tertiary/aromatic N) is 1. The third-order valence-corrected chi connectivity index (χ3v) is 2.58. The summed E-state index contributed by atoms with van der Waals surface area (Å²) < 4.78 is 50.0. The van der Waals surface area contributed by atoms with Crippen molar-refractivity contribution in [2.75, 3.05) is 11.9 Å². The maximum Gasteiger partial charge on any atom is 0.573 e. The highest BCUT2D eigenvalue weighted by atomic mass is 19.4. The van der Waals surface area contributed by atoms with Gasteiger partial charge >= 0.3 is 12.3 Å². The van der Waals surface area contributed by atoms with Crippen LogP contribution in [0, 0.1) is 0 Å². The molecule has 0 bridgehead atoms. The Morgan fingerprint density at radius 1 is 1.35 bits per heavy atom. The minimum Gasteiger partial charge on any atom is -0.461 e. The summed E-state index contributed by atoms with van der Waals surface area (Å²) in [7, 11) is 0. The molecule has 1 heterocycles. The van der Waals surface area contributed by atoms with Crippen molar-refractivity contribution in [2.24, 2.45) is 0 Å². The van der Waals surface area contributed by atoms with E-state index in [0.717, 1.165) is 0 Å². The van der Waals surface area contributed by atoms with Gasteiger partial charge in [-0.3, -0.25) is 0 Å². The van der Waals surface area contributed by atoms with Gasteiger partial charge in [0, 0.05) is 17.8 Å². The quantitative estimate of drug-likeness (QED) is 0.819. The minimum atomic E-state index is -4.75. The van der Waals surface area contributed by atoms with Crippen LogP contribution >= 0.6 is 0 Å². The Morgan fingerprint density at radius 3 is 2.83 bits per heavy atom. The van der Waals surface area contributed by atoms with E-state index in [1.807, 2.05) is 0 Å². The van der Waals surface area contributed by atoms with E-state index in [-0.39, 0.29) is 24.6 Å². The molecule has 9 heteroatoms. The van der Waals surface area contributed by atoms with E-state index in [4.69, 9.17) is 9.26 Å². The van der Waals surface area contributed by atoms with Crippen LogP contribution in [-0.2, 0) is 11.3 Å². The van der Waals surface area contributed by atoms with Crippen LogP contribution in [0.4, 0.5) is 18.9 Å². The monoisotopic (exact) mass is 330 g/mol. The largest absolute Gasteiger partial charge is 0.573 e. The SMILES string of the molecule is CCOC(=O)c1cc(CNc2cccc(OC(F)(F)F)c2)on1. The molecule has 1 N–H and O–H groups in total. The Labute approximate surface area is 129 Å². The van der Waals surface area contributed by atoms with E-state index in [9.17, 15) is 18.0 Å². The number of nitrogens with one attached hydrogen (secondary N) is 1. The third kappa shape index (κ3) is 5.20. The Hall–Kier alpha value is -2.71. The van der Waals surface area contributed by atoms with Gasteiger partial charge in [0.1, 0.15) is 5.75 Å². The molecular formula is C14H13F3N2O4. The molecule has 23 heavy (non-hydrogen) atoms. The van der Waals surface area contributed by atoms with Gasteiger partial charge in [0.15, 0.2) is 11.5 Å². The van der Waals surface area contributed by atoms with Gasteiger partial charge in [-0.15, -0.1) is 13.2 Å². The van der Waals surface area contributed by atoms with E-state index < -0.39 is 12.3 Å². The molecule has 6 nitrogen and oxygen atoms in total. The van der Waals surface area contributed by atoms with E-state index in [2.05, 4.69) is 15.2 Å². The second-order valence-corrected chi connectivity index (χ2v) is 4.33. The molecule has 2 aromatic rings. The lowest BCUT2D eigenvalue weighted by molar-refractivity contribution is -0.274. The summed E-state index contributed by atoms with van der Waals surface area (Å²) in [5, 5.41) is 6.39. The molecule has 1 aromatic carbocycles. The van der Waals surface area contributed by atoms with Gasteiger partial charge in [-0.25, -0.2) is 4.79 Å². The normalized spacial score (nSPS) is 11.1. The number of anilines is 1. The first kappa shape index (κ1) is 16.7. The third-order valence-electron chi connectivity index (χ3n) is 2.58. The molecule has 0 saturated heterocycles. The fraction of sp³-hybridized carbons (Fsp3) is 0.286. The van der Waals surface area contributed by atoms with Gasteiger partial charge in [0.05, 0.1) is 13.2 Å². The first-order chi connectivity index (χ1) is 10.9. The minimum absolute atomic E-state index is 0.0257. The second kappa shape index (κ2) is 7.03. The summed E-state index contributed by atoms with van der Waals surface area (Å²) in [6, 6.07) is 6.74. The van der Waals surface area contributed by atoms with Crippen LogP contribution in [0.1, 0.15) is 23.2 Å². The Bertz CT molecular complexity index is 670. The van der Waals surface area contributed by atoms with Gasteiger partial charge in [-0.05, 0) is 19.1 Å². The fourth-order valence-corrected chi connectivity index (χ4v) is 1.69. The molecule has 0 aliphatic carbocycles. The zero-order chi connectivity index (χ0) is 16.9. The van der Waals surface area contributed by atoms with Gasteiger partial charge < -0.3 is 19.3 Å². The number of hydrogen-bond donors (Lipinski definition) is 1. The topological polar surface area (TPSA) is 73.6 Å². The number of esters is 1. The summed E-state index contributed by atoms with van der Waals surface area (Å²) in [5.41, 5.74) is 0.415. The number of carbonyl (C=O) groups excluding carboxylic acids is 1. The van der Waals surface area contributed by atoms with Gasteiger partial charge in [0.2, 0.25) is 0 Å². The summed E-state index contributed by atoms with van der Waals surface area (Å²) in [5.74, 6) is -0.620. The average molecular weight is 330 g/mol. The molecule has 1 aromatic heterocycles. The average Bonchev–Trinajstić information content (AvgIpc) is 2.93. The van der Waals surface area contributed by atoms with Crippen molar-refractivity contribution >= 4 is 11.7 Å². The predicted molar refractivity (Wildman–Crippen MR) is 72.9 cm³/mol. The Morgan fingerprint density at radius 2 is 2.13 bits per heavy atom. The van der Waals surface area contributed by atoms with E-state index in [0.29, 0.717) is 11.4 Å². The maximum atomic E-state index is 12.2. The smallest absolute Gasteiger partial charge is 0.461 e. The highest BCUT2D eigenvalue weighted by Crippen LogP contribution is 2.25. The number of hydrogen-bond acceptors (Lipinski definition) is 6. The zero-order valence-corrected chi connectivity index (χ0v) is 12.0. The number of ether oxygens (including phenoxy) is 2. The highest BCUT2D eigenvalue weighted by Gasteiger charge is 2.31. The maximum absolute atomic E-state index is 12.2. The molecule has 0 saturated carbocycles. The molecule has 0 aliphatic rings. The Kier molecular flexibility index (Phi) is 5.09. The van der Waals surface area contributed by atoms with Crippen LogP contribution in [0.5, 0.6) is 5.75 Å². The van der Waals surface area contributed by atoms with Gasteiger partial charge in [-0.2, -0.15) is 0 Å². The number of rotatable bonds is 6. The summed E-state index contributed by atoms with van der Waals surface area (Å²) in [6.45, 7) is 2.00. The molecule has 0 atom stereocenters. The molecule has 0 unspecified atom stereocenters. The molecule has 0 fully saturated rings. The number of halogens is 3. The molecular weight excluding hydrogens is 317 g/mol. The second-order valence-electron chi connectivity index (χ2n) is 4.33. The van der Waals surface area contributed by atoms with Crippen molar-refractivity contribution in [1.82, 2.24) is 5.16 Å². The van der Waals surface area contributed by atoms with Crippen molar-refractivity contribution in [3.63, 3.8) is 0 Å². The van der Waals surface area contributed by atoms with Crippen LogP contribution < -0.4 is 10.1 Å². The number of benzene rings is 1. The van der Waals surface area contributed by atoms with Crippen LogP contribution in [0.25, 0.3) is 0 Å². The van der Waals surface area contributed by atoms with Crippen LogP contribution in [0.3, 0.4) is 0 Å². The number of aromatic nitrogens is 1. The highest BCUT2D eigenvalue weighted by molar-refractivity contribution is 5.87. The standard InChI is InChI=1S/C14H13F3N2O4/c1-2-21-13(20)12-7-11(23-19-12)8-18-9-4-3-5-10(6-9)22-14(15,16)17/h3-7,18H,2,8H2,1H3. The predicted octanol–water partition coefficient (Wildman–Crippen LogP) is 3.36. The molecule has 0 spiro atoms. The zero-order valence-electron chi connectivity index (χ0n) is 12.0. The van der Waals surface area contributed by atoms with Crippen molar-refractivity contribution < 1.29 is 32.0 Å². The summed E-state index contributed by atoms with van der Waals surface area (Å²) >= 11 is 0.